The number of nitrogens with two attached hydrogens (primary N) is 1. The Labute approximate surface area is 162 Å². The first-order valence-corrected chi connectivity index (χ1v) is 9.42. The second kappa shape index (κ2) is 6.48. The van der Waals surface area contributed by atoms with Crippen LogP contribution in [0.1, 0.15) is 11.6 Å². The number of para-hydroxylation sites is 1. The predicted molar refractivity (Wildman–Crippen MR) is 109 cm³/mol. The zero-order chi connectivity index (χ0) is 18.4. The fourth-order valence-corrected chi connectivity index (χ4v) is 4.21. The average Bonchev–Trinajstić information content (AvgIpc) is 3.03. The molecule has 0 spiro atoms. The van der Waals surface area contributed by atoms with E-state index in [1.165, 1.54) is 5.56 Å². The van der Waals surface area contributed by atoms with Crippen LogP contribution >= 0.6 is 11.6 Å². The fourth-order valence-electron chi connectivity index (χ4n) is 4.00. The SMILES string of the molecule is NCCOc1cc(Cl)cc2c3cccc4c3n(c12)C(c1ccccc1)CO4. The summed E-state index contributed by atoms with van der Waals surface area (Å²) in [5.74, 6) is 1.64. The molecule has 2 N–H and O–H groups in total. The Morgan fingerprint density at radius 2 is 1.89 bits per heavy atom. The van der Waals surface area contributed by atoms with Crippen molar-refractivity contribution < 1.29 is 9.47 Å². The van der Waals surface area contributed by atoms with Gasteiger partial charge in [-0.25, -0.2) is 0 Å². The molecular formula is C22H19ClN2O2. The lowest BCUT2D eigenvalue weighted by Gasteiger charge is -2.28. The maximum Gasteiger partial charge on any atom is 0.145 e. The summed E-state index contributed by atoms with van der Waals surface area (Å²) in [7, 11) is 0. The van der Waals surface area contributed by atoms with Crippen molar-refractivity contribution >= 4 is 33.4 Å². The van der Waals surface area contributed by atoms with Gasteiger partial charge < -0.3 is 19.8 Å². The third kappa shape index (κ3) is 2.56. The number of fused-ring (bicyclic) bond motifs is 3. The Morgan fingerprint density at radius 1 is 1.04 bits per heavy atom. The molecule has 27 heavy (non-hydrogen) atoms. The number of rotatable bonds is 4. The normalized spacial score (nSPS) is 15.9. The first-order chi connectivity index (χ1) is 13.3. The number of aromatic nitrogens is 1. The van der Waals surface area contributed by atoms with Crippen LogP contribution in [0.5, 0.6) is 11.5 Å². The van der Waals surface area contributed by atoms with Gasteiger partial charge in [-0.15, -0.1) is 0 Å². The van der Waals surface area contributed by atoms with Gasteiger partial charge in [-0.2, -0.15) is 0 Å². The quantitative estimate of drug-likeness (QED) is 0.556. The van der Waals surface area contributed by atoms with Crippen molar-refractivity contribution in [1.29, 1.82) is 0 Å². The molecule has 5 rings (SSSR count). The van der Waals surface area contributed by atoms with Crippen LogP contribution in [0.2, 0.25) is 5.02 Å². The van der Waals surface area contributed by atoms with Gasteiger partial charge in [0.2, 0.25) is 0 Å². The van der Waals surface area contributed by atoms with Crippen molar-refractivity contribution in [2.75, 3.05) is 19.8 Å². The van der Waals surface area contributed by atoms with Gasteiger partial charge in [0.15, 0.2) is 0 Å². The standard InChI is InChI=1S/C22H19ClN2O2/c23-15-11-17-16-7-4-8-19-21(16)25(22(17)20(12-15)26-10-9-24)18(13-27-19)14-5-2-1-3-6-14/h1-8,11-12,18H,9-10,13,24H2. The van der Waals surface area contributed by atoms with Gasteiger partial charge in [0, 0.05) is 28.4 Å². The molecule has 1 aliphatic rings. The van der Waals surface area contributed by atoms with Crippen LogP contribution in [0.3, 0.4) is 0 Å². The Bertz CT molecular complexity index is 1140. The summed E-state index contributed by atoms with van der Waals surface area (Å²) in [5, 5.41) is 2.83. The molecule has 0 saturated carbocycles. The van der Waals surface area contributed by atoms with Crippen LogP contribution in [0.25, 0.3) is 21.8 Å². The van der Waals surface area contributed by atoms with Crippen LogP contribution < -0.4 is 15.2 Å². The molecule has 4 nitrogen and oxygen atoms in total. The van der Waals surface area contributed by atoms with Gasteiger partial charge in [-0.1, -0.05) is 54.1 Å². The zero-order valence-corrected chi connectivity index (χ0v) is 15.4. The molecule has 4 aromatic rings. The number of hydrogen-bond donors (Lipinski definition) is 1. The number of hydrogen-bond acceptors (Lipinski definition) is 3. The highest BCUT2D eigenvalue weighted by atomic mass is 35.5. The molecule has 3 aromatic carbocycles. The molecule has 1 aromatic heterocycles. The summed E-state index contributed by atoms with van der Waals surface area (Å²) < 4.78 is 14.5. The topological polar surface area (TPSA) is 49.4 Å². The summed E-state index contributed by atoms with van der Waals surface area (Å²) in [6.45, 7) is 1.46. The van der Waals surface area contributed by atoms with Crippen molar-refractivity contribution in [3.05, 3.63) is 71.2 Å². The van der Waals surface area contributed by atoms with Crippen LogP contribution in [0, 0.1) is 0 Å². The number of halogens is 1. The zero-order valence-electron chi connectivity index (χ0n) is 14.7. The second-order valence-electron chi connectivity index (χ2n) is 6.70. The molecule has 1 aliphatic heterocycles. The molecule has 2 heterocycles. The van der Waals surface area contributed by atoms with Crippen molar-refractivity contribution in [2.24, 2.45) is 5.73 Å². The molecule has 0 saturated heterocycles. The lowest BCUT2D eigenvalue weighted by molar-refractivity contribution is 0.261. The van der Waals surface area contributed by atoms with Gasteiger partial charge in [0.05, 0.1) is 17.1 Å². The third-order valence-electron chi connectivity index (χ3n) is 5.08. The Balaban J connectivity index is 1.88. The highest BCUT2D eigenvalue weighted by Crippen LogP contribution is 2.45. The molecule has 0 bridgehead atoms. The summed E-state index contributed by atoms with van der Waals surface area (Å²) in [5.41, 5.74) is 8.98. The van der Waals surface area contributed by atoms with E-state index in [4.69, 9.17) is 26.8 Å². The molecule has 0 amide bonds. The maximum absolute atomic E-state index is 6.41. The highest BCUT2D eigenvalue weighted by Gasteiger charge is 2.29. The maximum atomic E-state index is 6.41. The molecule has 0 radical (unpaired) electrons. The number of nitrogens with zero attached hydrogens (tertiary/aromatic N) is 1. The van der Waals surface area contributed by atoms with Crippen LogP contribution in [0.4, 0.5) is 0 Å². The van der Waals surface area contributed by atoms with E-state index in [2.05, 4.69) is 34.9 Å². The van der Waals surface area contributed by atoms with Crippen molar-refractivity contribution in [3.63, 3.8) is 0 Å². The smallest absolute Gasteiger partial charge is 0.145 e. The Hall–Kier alpha value is -2.69. The molecule has 0 fully saturated rings. The molecule has 0 aliphatic carbocycles. The van der Waals surface area contributed by atoms with Gasteiger partial charge in [-0.3, -0.25) is 0 Å². The number of benzene rings is 3. The van der Waals surface area contributed by atoms with E-state index in [0.29, 0.717) is 24.8 Å². The van der Waals surface area contributed by atoms with Crippen LogP contribution in [-0.4, -0.2) is 24.3 Å². The largest absolute Gasteiger partial charge is 0.490 e. The van der Waals surface area contributed by atoms with Gasteiger partial charge in [0.1, 0.15) is 24.7 Å². The van der Waals surface area contributed by atoms with E-state index >= 15 is 0 Å². The third-order valence-corrected chi connectivity index (χ3v) is 5.30. The minimum atomic E-state index is 0.0579. The van der Waals surface area contributed by atoms with E-state index in [-0.39, 0.29) is 6.04 Å². The van der Waals surface area contributed by atoms with Crippen LogP contribution in [0.15, 0.2) is 60.7 Å². The molecule has 5 heteroatoms. The summed E-state index contributed by atoms with van der Waals surface area (Å²) in [6, 6.07) is 20.5. The van der Waals surface area contributed by atoms with Crippen LogP contribution in [-0.2, 0) is 0 Å². The molecular weight excluding hydrogens is 360 g/mol. The molecule has 1 unspecified atom stereocenters. The molecule has 1 atom stereocenters. The van der Waals surface area contributed by atoms with E-state index in [9.17, 15) is 0 Å². The first-order valence-electron chi connectivity index (χ1n) is 9.04. The van der Waals surface area contributed by atoms with Crippen molar-refractivity contribution in [3.8, 4) is 11.5 Å². The van der Waals surface area contributed by atoms with E-state index in [0.717, 1.165) is 33.3 Å². The Morgan fingerprint density at radius 3 is 2.70 bits per heavy atom. The lowest BCUT2D eigenvalue weighted by Crippen LogP contribution is -2.23. The van der Waals surface area contributed by atoms with E-state index < -0.39 is 0 Å². The molecule has 136 valence electrons. The van der Waals surface area contributed by atoms with Gasteiger partial charge in [-0.05, 0) is 17.7 Å². The fraction of sp³-hybridized carbons (Fsp3) is 0.182. The minimum absolute atomic E-state index is 0.0579. The van der Waals surface area contributed by atoms with Gasteiger partial charge >= 0.3 is 0 Å². The lowest BCUT2D eigenvalue weighted by atomic mass is 10.1. The predicted octanol–water partition coefficient (Wildman–Crippen LogP) is 4.77. The first kappa shape index (κ1) is 16.5. The van der Waals surface area contributed by atoms with Crippen molar-refractivity contribution in [1.82, 2.24) is 4.57 Å². The average molecular weight is 379 g/mol. The summed E-state index contributed by atoms with van der Waals surface area (Å²) >= 11 is 6.41. The highest BCUT2D eigenvalue weighted by molar-refractivity contribution is 6.32. The summed E-state index contributed by atoms with van der Waals surface area (Å²) in [4.78, 5) is 0. The van der Waals surface area contributed by atoms with Crippen molar-refractivity contribution in [2.45, 2.75) is 6.04 Å². The van der Waals surface area contributed by atoms with E-state index in [1.54, 1.807) is 0 Å². The van der Waals surface area contributed by atoms with E-state index in [1.807, 2.05) is 30.3 Å². The van der Waals surface area contributed by atoms with Gasteiger partial charge in [0.25, 0.3) is 0 Å². The number of ether oxygens (including phenoxy) is 2. The Kier molecular flexibility index (Phi) is 3.96. The minimum Gasteiger partial charge on any atom is -0.490 e. The monoisotopic (exact) mass is 378 g/mol. The summed E-state index contributed by atoms with van der Waals surface area (Å²) in [6.07, 6.45) is 0. The second-order valence-corrected chi connectivity index (χ2v) is 7.13.